The van der Waals surface area contributed by atoms with Gasteiger partial charge in [0.05, 0.1) is 26.8 Å². The van der Waals surface area contributed by atoms with E-state index < -0.39 is 0 Å². The summed E-state index contributed by atoms with van der Waals surface area (Å²) < 4.78 is 21.2. The third-order valence-corrected chi connectivity index (χ3v) is 11.3. The third kappa shape index (κ3) is 4.17. The van der Waals surface area contributed by atoms with E-state index in [9.17, 15) is 0 Å². The van der Waals surface area contributed by atoms with Gasteiger partial charge in [-0.2, -0.15) is 9.97 Å². The molecular formula is C45H26FN5S. The Kier molecular flexibility index (Phi) is 6.23. The maximum Gasteiger partial charge on any atom is 0.238 e. The Hall–Kier alpha value is -6.70. The number of aromatic nitrogens is 5. The SMILES string of the molecule is Fc1cccc2c1sc1c(-c3nc(-c4ccccc4)nc(-n4c5ccccc5c5ccc6c7ccccc7n(-c7ccccc7)c6c54)n3)cccc12. The van der Waals surface area contributed by atoms with Crippen LogP contribution in [0.25, 0.3) is 98.2 Å². The van der Waals surface area contributed by atoms with Gasteiger partial charge in [-0.15, -0.1) is 11.3 Å². The number of nitrogens with zero attached hydrogens (tertiary/aromatic N) is 5. The van der Waals surface area contributed by atoms with Crippen molar-refractivity contribution in [3.05, 3.63) is 164 Å². The first-order valence-electron chi connectivity index (χ1n) is 17.2. The normalized spacial score (nSPS) is 11.9. The standard InChI is InChI=1S/C45H26FN5S/c46-36-22-12-20-34-33-19-11-21-35(41(33)52-42(34)36)44-47-43(27-13-3-1-4-14-27)48-45(49-44)51-38-24-10-8-18-30(38)32-26-25-31-29-17-7-9-23-37(29)50(39(31)40(32)51)28-15-5-2-6-16-28/h1-26H. The van der Waals surface area contributed by atoms with Crippen LogP contribution in [0.1, 0.15) is 0 Å². The van der Waals surface area contributed by atoms with Crippen molar-refractivity contribution < 1.29 is 4.39 Å². The van der Waals surface area contributed by atoms with Gasteiger partial charge in [0.15, 0.2) is 11.6 Å². The lowest BCUT2D eigenvalue weighted by atomic mass is 10.1. The van der Waals surface area contributed by atoms with Crippen LogP contribution in [-0.4, -0.2) is 24.1 Å². The molecule has 0 fully saturated rings. The molecule has 7 aromatic carbocycles. The van der Waals surface area contributed by atoms with Crippen molar-refractivity contribution in [3.8, 4) is 34.4 Å². The summed E-state index contributed by atoms with van der Waals surface area (Å²) in [6.07, 6.45) is 0. The number of para-hydroxylation sites is 3. The van der Waals surface area contributed by atoms with Crippen LogP contribution < -0.4 is 0 Å². The minimum atomic E-state index is -0.228. The highest BCUT2D eigenvalue weighted by molar-refractivity contribution is 7.26. The lowest BCUT2D eigenvalue weighted by molar-refractivity contribution is 0.642. The van der Waals surface area contributed by atoms with Gasteiger partial charge in [0.2, 0.25) is 5.95 Å². The van der Waals surface area contributed by atoms with Crippen LogP contribution in [0.2, 0.25) is 0 Å². The summed E-state index contributed by atoms with van der Waals surface area (Å²) in [4.78, 5) is 15.7. The van der Waals surface area contributed by atoms with Gasteiger partial charge in [0.25, 0.3) is 0 Å². The van der Waals surface area contributed by atoms with Crippen LogP contribution >= 0.6 is 11.3 Å². The molecular weight excluding hydrogens is 662 g/mol. The molecule has 4 aromatic heterocycles. The Morgan fingerprint density at radius 3 is 1.71 bits per heavy atom. The van der Waals surface area contributed by atoms with Crippen molar-refractivity contribution in [1.82, 2.24) is 24.1 Å². The minimum Gasteiger partial charge on any atom is -0.307 e. The molecule has 11 rings (SSSR count). The summed E-state index contributed by atoms with van der Waals surface area (Å²) in [5, 5.41) is 6.39. The molecule has 52 heavy (non-hydrogen) atoms. The molecule has 0 saturated carbocycles. The number of benzene rings is 7. The van der Waals surface area contributed by atoms with Gasteiger partial charge < -0.3 is 4.57 Å². The van der Waals surface area contributed by atoms with Crippen LogP contribution in [0, 0.1) is 5.82 Å². The van der Waals surface area contributed by atoms with Crippen molar-refractivity contribution >= 4 is 75.1 Å². The quantitative estimate of drug-likeness (QED) is 0.185. The van der Waals surface area contributed by atoms with Crippen molar-refractivity contribution in [2.24, 2.45) is 0 Å². The van der Waals surface area contributed by atoms with Crippen molar-refractivity contribution in [2.45, 2.75) is 0 Å². The van der Waals surface area contributed by atoms with E-state index in [1.807, 2.05) is 60.7 Å². The highest BCUT2D eigenvalue weighted by atomic mass is 32.1. The molecule has 4 heterocycles. The molecule has 0 bridgehead atoms. The molecule has 244 valence electrons. The molecule has 0 aliphatic heterocycles. The van der Waals surface area contributed by atoms with E-state index in [4.69, 9.17) is 15.0 Å². The monoisotopic (exact) mass is 687 g/mol. The van der Waals surface area contributed by atoms with E-state index in [1.54, 1.807) is 6.07 Å². The molecule has 0 aliphatic rings. The topological polar surface area (TPSA) is 48.5 Å². The number of halogens is 1. The third-order valence-electron chi connectivity index (χ3n) is 10.1. The van der Waals surface area contributed by atoms with Crippen LogP contribution in [0.5, 0.6) is 0 Å². The molecule has 0 atom stereocenters. The van der Waals surface area contributed by atoms with E-state index in [0.29, 0.717) is 22.3 Å². The Bertz CT molecular complexity index is 3200. The van der Waals surface area contributed by atoms with Crippen LogP contribution in [0.4, 0.5) is 4.39 Å². The second-order valence-electron chi connectivity index (χ2n) is 12.9. The predicted octanol–water partition coefficient (Wildman–Crippen LogP) is 11.9. The predicted molar refractivity (Wildman–Crippen MR) is 212 cm³/mol. The fourth-order valence-electron chi connectivity index (χ4n) is 7.82. The average Bonchev–Trinajstić information content (AvgIpc) is 3.87. The first-order chi connectivity index (χ1) is 25.7. The summed E-state index contributed by atoms with van der Waals surface area (Å²) in [5.74, 6) is 1.38. The Morgan fingerprint density at radius 2 is 0.981 bits per heavy atom. The number of fused-ring (bicyclic) bond motifs is 10. The maximum absolute atomic E-state index is 15.1. The van der Waals surface area contributed by atoms with E-state index >= 15 is 4.39 Å². The smallest absolute Gasteiger partial charge is 0.238 e. The summed E-state index contributed by atoms with van der Waals surface area (Å²) in [5.41, 5.74) is 6.99. The van der Waals surface area contributed by atoms with E-state index in [-0.39, 0.29) is 5.82 Å². The molecule has 0 spiro atoms. The first kappa shape index (κ1) is 29.1. The fraction of sp³-hybridized carbons (Fsp3) is 0. The van der Waals surface area contributed by atoms with Gasteiger partial charge >= 0.3 is 0 Å². The summed E-state index contributed by atoms with van der Waals surface area (Å²) in [6.45, 7) is 0. The van der Waals surface area contributed by atoms with Crippen LogP contribution in [-0.2, 0) is 0 Å². The van der Waals surface area contributed by atoms with Gasteiger partial charge in [-0.1, -0.05) is 121 Å². The Balaban J connectivity index is 1.30. The number of rotatable bonds is 4. The zero-order valence-electron chi connectivity index (χ0n) is 27.5. The zero-order valence-corrected chi connectivity index (χ0v) is 28.3. The molecule has 0 aliphatic carbocycles. The van der Waals surface area contributed by atoms with E-state index in [0.717, 1.165) is 70.5 Å². The lowest BCUT2D eigenvalue weighted by Crippen LogP contribution is -2.07. The minimum absolute atomic E-state index is 0.228. The molecule has 0 saturated heterocycles. The van der Waals surface area contributed by atoms with Crippen LogP contribution in [0.15, 0.2) is 158 Å². The Labute approximate surface area is 300 Å². The van der Waals surface area contributed by atoms with Gasteiger partial charge in [0.1, 0.15) is 5.82 Å². The Morgan fingerprint density at radius 1 is 0.423 bits per heavy atom. The highest BCUT2D eigenvalue weighted by Crippen LogP contribution is 2.43. The molecule has 5 nitrogen and oxygen atoms in total. The highest BCUT2D eigenvalue weighted by Gasteiger charge is 2.24. The molecule has 7 heteroatoms. The lowest BCUT2D eigenvalue weighted by Gasteiger charge is -2.13. The van der Waals surface area contributed by atoms with Gasteiger partial charge in [-0.05, 0) is 36.4 Å². The largest absolute Gasteiger partial charge is 0.307 e. The molecule has 0 unspecified atom stereocenters. The summed E-state index contributed by atoms with van der Waals surface area (Å²) in [7, 11) is 0. The van der Waals surface area contributed by atoms with E-state index in [1.165, 1.54) is 22.8 Å². The van der Waals surface area contributed by atoms with Crippen molar-refractivity contribution in [2.75, 3.05) is 0 Å². The van der Waals surface area contributed by atoms with Crippen LogP contribution in [0.3, 0.4) is 0 Å². The average molecular weight is 688 g/mol. The molecule has 11 aromatic rings. The number of hydrogen-bond acceptors (Lipinski definition) is 4. The zero-order chi connectivity index (χ0) is 34.3. The maximum atomic E-state index is 15.1. The van der Waals surface area contributed by atoms with Crippen molar-refractivity contribution in [1.29, 1.82) is 0 Å². The van der Waals surface area contributed by atoms with Gasteiger partial charge in [-0.3, -0.25) is 4.57 Å². The number of thiophene rings is 1. The molecule has 0 radical (unpaired) electrons. The fourth-order valence-corrected chi connectivity index (χ4v) is 9.03. The second-order valence-corrected chi connectivity index (χ2v) is 14.0. The molecule has 0 N–H and O–H groups in total. The molecule has 0 amide bonds. The first-order valence-corrected chi connectivity index (χ1v) is 18.0. The van der Waals surface area contributed by atoms with Gasteiger partial charge in [0, 0.05) is 53.8 Å². The van der Waals surface area contributed by atoms with Gasteiger partial charge in [-0.25, -0.2) is 9.37 Å². The summed E-state index contributed by atoms with van der Waals surface area (Å²) >= 11 is 1.44. The van der Waals surface area contributed by atoms with Crippen molar-refractivity contribution in [3.63, 3.8) is 0 Å². The summed E-state index contributed by atoms with van der Waals surface area (Å²) in [6, 6.07) is 53.4. The van der Waals surface area contributed by atoms with E-state index in [2.05, 4.69) is 94.1 Å². The second kappa shape index (κ2) is 11.2. The number of hydrogen-bond donors (Lipinski definition) is 0.